The summed E-state index contributed by atoms with van der Waals surface area (Å²) >= 11 is 0. The third-order valence-corrected chi connectivity index (χ3v) is 6.52. The first-order valence-corrected chi connectivity index (χ1v) is 8.82. The Labute approximate surface area is 134 Å². The van der Waals surface area contributed by atoms with Gasteiger partial charge >= 0.3 is 0 Å². The maximum absolute atomic E-state index is 13.0. The zero-order chi connectivity index (χ0) is 13.7. The van der Waals surface area contributed by atoms with E-state index in [0.717, 1.165) is 62.6 Å². The summed E-state index contributed by atoms with van der Waals surface area (Å²) in [6, 6.07) is 0.516. The van der Waals surface area contributed by atoms with E-state index in [4.69, 9.17) is 0 Å². The van der Waals surface area contributed by atoms with Crippen LogP contribution in [0.5, 0.6) is 0 Å². The Bertz CT molecular complexity index is 380. The molecule has 0 radical (unpaired) electrons. The molecule has 0 aromatic heterocycles. The average Bonchev–Trinajstić information content (AvgIpc) is 2.92. The molecule has 1 aliphatic heterocycles. The van der Waals surface area contributed by atoms with Crippen molar-refractivity contribution in [2.45, 2.75) is 51.5 Å². The van der Waals surface area contributed by atoms with Gasteiger partial charge in [-0.3, -0.25) is 4.79 Å². The Kier molecular flexibility index (Phi) is 4.52. The predicted molar refractivity (Wildman–Crippen MR) is 86.4 cm³/mol. The van der Waals surface area contributed by atoms with E-state index in [1.165, 1.54) is 19.3 Å². The number of fused-ring (bicyclic) bond motifs is 5. The summed E-state index contributed by atoms with van der Waals surface area (Å²) in [7, 11) is 0. The van der Waals surface area contributed by atoms with Crippen molar-refractivity contribution in [3.8, 4) is 0 Å². The van der Waals surface area contributed by atoms with Gasteiger partial charge in [0.15, 0.2) is 0 Å². The molecule has 0 spiro atoms. The fraction of sp³-hybridized carbons (Fsp3) is 0.941. The zero-order valence-corrected chi connectivity index (χ0v) is 13.9. The first kappa shape index (κ1) is 15.6. The minimum atomic E-state index is 0. The molecule has 1 heterocycles. The summed E-state index contributed by atoms with van der Waals surface area (Å²) < 4.78 is 0. The van der Waals surface area contributed by atoms with Crippen LogP contribution < -0.4 is 5.32 Å². The Morgan fingerprint density at radius 3 is 2.29 bits per heavy atom. The molecule has 4 aliphatic rings. The molecule has 21 heavy (non-hydrogen) atoms. The number of halogens is 1. The molecular weight excluding hydrogens is 284 g/mol. The van der Waals surface area contributed by atoms with Crippen LogP contribution in [0.15, 0.2) is 0 Å². The largest absolute Gasteiger partial charge is 0.339 e. The fourth-order valence-corrected chi connectivity index (χ4v) is 5.68. The Hall–Kier alpha value is -0.280. The third-order valence-electron chi connectivity index (χ3n) is 6.52. The molecule has 3 nitrogen and oxygen atoms in total. The average molecular weight is 313 g/mol. The minimum absolute atomic E-state index is 0. The molecule has 4 rings (SSSR count). The van der Waals surface area contributed by atoms with Crippen LogP contribution in [0, 0.1) is 29.6 Å². The lowest BCUT2D eigenvalue weighted by atomic mass is 9.99. The number of hydrogen-bond acceptors (Lipinski definition) is 2. The van der Waals surface area contributed by atoms with Crippen LogP contribution in [0.4, 0.5) is 0 Å². The van der Waals surface area contributed by atoms with E-state index < -0.39 is 0 Å². The van der Waals surface area contributed by atoms with Crippen molar-refractivity contribution in [3.63, 3.8) is 0 Å². The van der Waals surface area contributed by atoms with E-state index >= 15 is 0 Å². The maximum Gasteiger partial charge on any atom is 0.226 e. The lowest BCUT2D eigenvalue weighted by Crippen LogP contribution is -2.47. The van der Waals surface area contributed by atoms with Crippen LogP contribution in [0.3, 0.4) is 0 Å². The molecule has 3 aliphatic carbocycles. The molecule has 1 saturated heterocycles. The summed E-state index contributed by atoms with van der Waals surface area (Å²) in [5.41, 5.74) is 0. The fourth-order valence-electron chi connectivity index (χ4n) is 5.68. The van der Waals surface area contributed by atoms with Gasteiger partial charge in [-0.1, -0.05) is 6.92 Å². The Morgan fingerprint density at radius 1 is 1.10 bits per heavy atom. The van der Waals surface area contributed by atoms with Crippen LogP contribution in [0.25, 0.3) is 0 Å². The van der Waals surface area contributed by atoms with Crippen LogP contribution in [-0.2, 0) is 4.79 Å². The lowest BCUT2D eigenvalue weighted by molar-refractivity contribution is -0.136. The van der Waals surface area contributed by atoms with Crippen LogP contribution >= 0.6 is 12.4 Å². The van der Waals surface area contributed by atoms with Gasteiger partial charge in [0.2, 0.25) is 5.91 Å². The number of rotatable bonds is 4. The minimum Gasteiger partial charge on any atom is -0.339 e. The molecule has 4 unspecified atom stereocenters. The van der Waals surface area contributed by atoms with Crippen LogP contribution in [0.1, 0.15) is 45.4 Å². The maximum atomic E-state index is 13.0. The van der Waals surface area contributed by atoms with E-state index in [1.807, 2.05) is 0 Å². The molecule has 0 aromatic rings. The molecule has 4 fully saturated rings. The molecular formula is C17H29ClN2O. The van der Waals surface area contributed by atoms with Crippen molar-refractivity contribution in [3.05, 3.63) is 0 Å². The van der Waals surface area contributed by atoms with Crippen LogP contribution in [-0.4, -0.2) is 36.5 Å². The van der Waals surface area contributed by atoms with E-state index in [0.29, 0.717) is 17.9 Å². The number of piperidine rings is 1. The standard InChI is InChI=1S/C17H28N2O.ClH/c1-2-9-19(13-5-7-18-8-6-13)17(20)16-14-11-3-4-12(10-11)15(14)16;/h11-16,18H,2-10H2,1H3;1H. The predicted octanol–water partition coefficient (Wildman–Crippen LogP) is 2.69. The highest BCUT2D eigenvalue weighted by molar-refractivity contribution is 5.85. The van der Waals surface area contributed by atoms with E-state index in [2.05, 4.69) is 17.1 Å². The Balaban J connectivity index is 0.00000132. The molecule has 3 saturated carbocycles. The summed E-state index contributed by atoms with van der Waals surface area (Å²) in [6.07, 6.45) is 7.68. The van der Waals surface area contributed by atoms with E-state index in [1.54, 1.807) is 0 Å². The normalized spacial score (nSPS) is 40.5. The second-order valence-electron chi connectivity index (χ2n) is 7.53. The molecule has 1 amide bonds. The van der Waals surface area contributed by atoms with Gasteiger partial charge in [0, 0.05) is 18.5 Å². The second kappa shape index (κ2) is 6.08. The number of carbonyl (C=O) groups excluding carboxylic acids is 1. The number of hydrogen-bond donors (Lipinski definition) is 1. The van der Waals surface area contributed by atoms with Gasteiger partial charge in [-0.05, 0) is 75.3 Å². The van der Waals surface area contributed by atoms with Gasteiger partial charge in [-0.2, -0.15) is 0 Å². The first-order chi connectivity index (χ1) is 9.81. The quantitative estimate of drug-likeness (QED) is 0.865. The Morgan fingerprint density at radius 2 is 1.71 bits per heavy atom. The monoisotopic (exact) mass is 312 g/mol. The molecule has 0 aromatic carbocycles. The molecule has 4 heteroatoms. The summed E-state index contributed by atoms with van der Waals surface area (Å²) in [6.45, 7) is 5.36. The molecule has 4 atom stereocenters. The molecule has 1 N–H and O–H groups in total. The number of nitrogens with zero attached hydrogens (tertiary/aromatic N) is 1. The highest BCUT2D eigenvalue weighted by Gasteiger charge is 2.68. The number of carbonyl (C=O) groups is 1. The molecule has 120 valence electrons. The van der Waals surface area contributed by atoms with E-state index in [-0.39, 0.29) is 12.4 Å². The van der Waals surface area contributed by atoms with Crippen molar-refractivity contribution in [2.24, 2.45) is 29.6 Å². The van der Waals surface area contributed by atoms with Gasteiger partial charge in [-0.15, -0.1) is 12.4 Å². The summed E-state index contributed by atoms with van der Waals surface area (Å²) in [4.78, 5) is 15.3. The van der Waals surface area contributed by atoms with Crippen molar-refractivity contribution in [1.82, 2.24) is 10.2 Å². The second-order valence-corrected chi connectivity index (χ2v) is 7.53. The smallest absolute Gasteiger partial charge is 0.226 e. The first-order valence-electron chi connectivity index (χ1n) is 8.82. The van der Waals surface area contributed by atoms with Crippen molar-refractivity contribution < 1.29 is 4.79 Å². The van der Waals surface area contributed by atoms with Gasteiger partial charge in [0.05, 0.1) is 0 Å². The summed E-state index contributed by atoms with van der Waals surface area (Å²) in [5, 5.41) is 3.42. The van der Waals surface area contributed by atoms with Gasteiger partial charge in [-0.25, -0.2) is 0 Å². The van der Waals surface area contributed by atoms with Crippen molar-refractivity contribution in [1.29, 1.82) is 0 Å². The third kappa shape index (κ3) is 2.50. The number of nitrogens with one attached hydrogen (secondary N) is 1. The van der Waals surface area contributed by atoms with Gasteiger partial charge in [0.1, 0.15) is 0 Å². The number of amides is 1. The van der Waals surface area contributed by atoms with Gasteiger partial charge < -0.3 is 10.2 Å². The van der Waals surface area contributed by atoms with Crippen LogP contribution in [0.2, 0.25) is 0 Å². The summed E-state index contributed by atoms with van der Waals surface area (Å²) in [5.74, 6) is 4.38. The SMILES string of the molecule is CCCN(C(=O)C1C2C3CCC(C3)C12)C1CCNCC1.Cl. The zero-order valence-electron chi connectivity index (χ0n) is 13.1. The van der Waals surface area contributed by atoms with Crippen molar-refractivity contribution >= 4 is 18.3 Å². The highest BCUT2D eigenvalue weighted by Crippen LogP contribution is 2.69. The molecule has 2 bridgehead atoms. The van der Waals surface area contributed by atoms with Gasteiger partial charge in [0.25, 0.3) is 0 Å². The topological polar surface area (TPSA) is 32.3 Å². The van der Waals surface area contributed by atoms with Crippen molar-refractivity contribution in [2.75, 3.05) is 19.6 Å². The lowest BCUT2D eigenvalue weighted by Gasteiger charge is -2.35. The highest BCUT2D eigenvalue weighted by atomic mass is 35.5. The van der Waals surface area contributed by atoms with E-state index in [9.17, 15) is 4.79 Å².